The van der Waals surface area contributed by atoms with Gasteiger partial charge in [-0.25, -0.2) is 4.79 Å². The molecular formula is C27H33N3O4. The molecule has 1 unspecified atom stereocenters. The molecule has 0 radical (unpaired) electrons. The molecular weight excluding hydrogens is 430 g/mol. The molecule has 1 aromatic heterocycles. The highest BCUT2D eigenvalue weighted by Crippen LogP contribution is 2.30. The molecule has 3 N–H and O–H groups in total. The second-order valence-corrected chi connectivity index (χ2v) is 9.12. The number of carbonyl (C=O) groups excluding carboxylic acids is 1. The lowest BCUT2D eigenvalue weighted by atomic mass is 9.83. The maximum absolute atomic E-state index is 13.8. The minimum Gasteiger partial charge on any atom is -0.497 e. The first-order valence-electron chi connectivity index (χ1n) is 11.9. The van der Waals surface area contributed by atoms with Crippen LogP contribution in [-0.4, -0.2) is 53.1 Å². The summed E-state index contributed by atoms with van der Waals surface area (Å²) in [5.74, 6) is -0.288. The van der Waals surface area contributed by atoms with Crippen LogP contribution in [0.2, 0.25) is 0 Å². The van der Waals surface area contributed by atoms with E-state index >= 15 is 0 Å². The molecule has 0 aliphatic heterocycles. The van der Waals surface area contributed by atoms with Crippen molar-refractivity contribution >= 4 is 28.5 Å². The summed E-state index contributed by atoms with van der Waals surface area (Å²) in [7, 11) is 3.23. The Labute approximate surface area is 200 Å². The first-order chi connectivity index (χ1) is 16.5. The maximum Gasteiger partial charge on any atom is 0.326 e. The number of aliphatic carboxylic acids is 1. The van der Waals surface area contributed by atoms with Gasteiger partial charge in [-0.05, 0) is 54.7 Å². The van der Waals surface area contributed by atoms with Gasteiger partial charge in [-0.3, -0.25) is 4.79 Å². The Kier molecular flexibility index (Phi) is 7.40. The fourth-order valence-corrected chi connectivity index (χ4v) is 4.99. The van der Waals surface area contributed by atoms with Crippen LogP contribution in [0.4, 0.5) is 5.69 Å². The largest absolute Gasteiger partial charge is 0.497 e. The molecule has 2 aromatic carbocycles. The molecule has 1 heterocycles. The number of para-hydroxylation sites is 1. The summed E-state index contributed by atoms with van der Waals surface area (Å²) >= 11 is 0. The van der Waals surface area contributed by atoms with Gasteiger partial charge < -0.3 is 25.0 Å². The van der Waals surface area contributed by atoms with Gasteiger partial charge >= 0.3 is 5.97 Å². The van der Waals surface area contributed by atoms with Crippen molar-refractivity contribution in [2.75, 3.05) is 19.5 Å². The van der Waals surface area contributed by atoms with Crippen molar-refractivity contribution < 1.29 is 19.4 Å². The van der Waals surface area contributed by atoms with E-state index in [1.54, 1.807) is 14.2 Å². The van der Waals surface area contributed by atoms with Crippen molar-refractivity contribution in [3.63, 3.8) is 0 Å². The fraction of sp³-hybridized carbons (Fsp3) is 0.407. The highest BCUT2D eigenvalue weighted by Gasteiger charge is 2.36. The van der Waals surface area contributed by atoms with E-state index < -0.39 is 18.1 Å². The number of carbonyl (C=O) groups is 2. The van der Waals surface area contributed by atoms with Crippen LogP contribution in [0.1, 0.15) is 37.7 Å². The van der Waals surface area contributed by atoms with Crippen LogP contribution in [0, 0.1) is 5.92 Å². The van der Waals surface area contributed by atoms with Crippen molar-refractivity contribution in [2.24, 2.45) is 5.92 Å². The number of benzene rings is 2. The van der Waals surface area contributed by atoms with Gasteiger partial charge in [0.1, 0.15) is 17.8 Å². The van der Waals surface area contributed by atoms with Gasteiger partial charge in [-0.2, -0.15) is 0 Å². The molecule has 4 rings (SSSR count). The molecule has 1 saturated carbocycles. The number of anilines is 1. The van der Waals surface area contributed by atoms with Gasteiger partial charge in [0.25, 0.3) is 0 Å². The molecule has 0 saturated heterocycles. The standard InChI is InChI=1S/C27H33N3O4/c1-30(24(27(32)33)16-19-17-28-23-11-7-6-10-22(19)23)26(31)25(18-8-4-3-5-9-18)29-20-12-14-21(34-2)15-13-20/h6-7,10-15,17-18,24-25,28-29H,3-5,8-9,16H2,1-2H3,(H,32,33)/t24-,25?/m0/s1. The number of rotatable bonds is 9. The number of aromatic nitrogens is 1. The predicted molar refractivity (Wildman–Crippen MR) is 133 cm³/mol. The van der Waals surface area contributed by atoms with Crippen molar-refractivity contribution in [3.8, 4) is 5.75 Å². The maximum atomic E-state index is 13.8. The van der Waals surface area contributed by atoms with Gasteiger partial charge in [0.05, 0.1) is 7.11 Å². The van der Waals surface area contributed by atoms with E-state index in [-0.39, 0.29) is 18.2 Å². The Bertz CT molecular complexity index is 1120. The number of carboxylic acid groups (broad SMARTS) is 1. The summed E-state index contributed by atoms with van der Waals surface area (Å²) in [5, 5.41) is 14.5. The van der Waals surface area contributed by atoms with Crippen LogP contribution in [0.15, 0.2) is 54.7 Å². The smallest absolute Gasteiger partial charge is 0.326 e. The molecule has 34 heavy (non-hydrogen) atoms. The topological polar surface area (TPSA) is 94.7 Å². The fourth-order valence-electron chi connectivity index (χ4n) is 4.99. The summed E-state index contributed by atoms with van der Waals surface area (Å²) < 4.78 is 5.24. The number of aromatic amines is 1. The van der Waals surface area contributed by atoms with Crippen molar-refractivity contribution in [3.05, 3.63) is 60.3 Å². The van der Waals surface area contributed by atoms with Gasteiger partial charge in [0.2, 0.25) is 5.91 Å². The SMILES string of the molecule is COc1ccc(NC(C(=O)N(C)[C@@H](Cc2c[nH]c3ccccc23)C(=O)O)C2CCCCC2)cc1. The number of nitrogens with zero attached hydrogens (tertiary/aromatic N) is 1. The normalized spacial score (nSPS) is 16.1. The van der Waals surface area contributed by atoms with Crippen molar-refractivity contribution in [1.29, 1.82) is 0 Å². The number of hydrogen-bond acceptors (Lipinski definition) is 4. The highest BCUT2D eigenvalue weighted by atomic mass is 16.5. The lowest BCUT2D eigenvalue weighted by molar-refractivity contribution is -0.149. The number of nitrogens with one attached hydrogen (secondary N) is 2. The molecule has 1 aliphatic rings. The van der Waals surface area contributed by atoms with E-state index in [2.05, 4.69) is 10.3 Å². The number of ether oxygens (including phenoxy) is 1. The van der Waals surface area contributed by atoms with Gasteiger partial charge in [0.15, 0.2) is 0 Å². The van der Waals surface area contributed by atoms with Crippen molar-refractivity contribution in [1.82, 2.24) is 9.88 Å². The number of H-pyrrole nitrogens is 1. The second-order valence-electron chi connectivity index (χ2n) is 9.12. The van der Waals surface area contributed by atoms with E-state index in [1.807, 2.05) is 54.7 Å². The molecule has 1 amide bonds. The van der Waals surface area contributed by atoms with Gasteiger partial charge in [0, 0.05) is 36.3 Å². The molecule has 3 aromatic rings. The average molecular weight is 464 g/mol. The summed E-state index contributed by atoms with van der Waals surface area (Å²) in [6.45, 7) is 0. The third-order valence-electron chi connectivity index (χ3n) is 6.99. The lowest BCUT2D eigenvalue weighted by Crippen LogP contribution is -2.52. The number of fused-ring (bicyclic) bond motifs is 1. The van der Waals surface area contributed by atoms with E-state index in [4.69, 9.17) is 4.74 Å². The van der Waals surface area contributed by atoms with Gasteiger partial charge in [-0.1, -0.05) is 37.5 Å². The zero-order chi connectivity index (χ0) is 24.1. The Balaban J connectivity index is 1.57. The molecule has 1 fully saturated rings. The Morgan fingerprint density at radius 3 is 2.50 bits per heavy atom. The second kappa shape index (κ2) is 10.6. The van der Waals surface area contributed by atoms with E-state index in [0.29, 0.717) is 0 Å². The molecule has 1 aliphatic carbocycles. The first-order valence-corrected chi connectivity index (χ1v) is 11.9. The number of hydrogen-bond donors (Lipinski definition) is 3. The molecule has 2 atom stereocenters. The molecule has 180 valence electrons. The van der Waals surface area contributed by atoms with E-state index in [9.17, 15) is 14.7 Å². The highest BCUT2D eigenvalue weighted by molar-refractivity contribution is 5.90. The predicted octanol–water partition coefficient (Wildman–Crippen LogP) is 4.69. The molecule has 0 spiro atoms. The number of methoxy groups -OCH3 is 1. The Morgan fingerprint density at radius 2 is 1.82 bits per heavy atom. The summed E-state index contributed by atoms with van der Waals surface area (Å²) in [4.78, 5) is 30.7. The summed E-state index contributed by atoms with van der Waals surface area (Å²) in [6.07, 6.45) is 7.32. The third-order valence-corrected chi connectivity index (χ3v) is 6.99. The van der Waals surface area contributed by atoms with Crippen LogP contribution in [0.25, 0.3) is 10.9 Å². The Morgan fingerprint density at radius 1 is 1.12 bits per heavy atom. The number of likely N-dealkylation sites (N-methyl/N-ethyl adjacent to an activating group) is 1. The zero-order valence-corrected chi connectivity index (χ0v) is 19.8. The van der Waals surface area contributed by atoms with Crippen LogP contribution < -0.4 is 10.1 Å². The zero-order valence-electron chi connectivity index (χ0n) is 19.8. The van der Waals surface area contributed by atoms with Crippen LogP contribution in [-0.2, 0) is 16.0 Å². The van der Waals surface area contributed by atoms with Crippen LogP contribution in [0.3, 0.4) is 0 Å². The summed E-state index contributed by atoms with van der Waals surface area (Å²) in [6, 6.07) is 13.8. The molecule has 0 bridgehead atoms. The van der Waals surface area contributed by atoms with E-state index in [1.165, 1.54) is 11.3 Å². The van der Waals surface area contributed by atoms with Crippen molar-refractivity contribution in [2.45, 2.75) is 50.6 Å². The summed E-state index contributed by atoms with van der Waals surface area (Å²) in [5.41, 5.74) is 2.67. The first kappa shape index (κ1) is 23.7. The van der Waals surface area contributed by atoms with Crippen LogP contribution in [0.5, 0.6) is 5.75 Å². The Hall–Kier alpha value is -3.48. The van der Waals surface area contributed by atoms with Gasteiger partial charge in [-0.15, -0.1) is 0 Å². The molecule has 7 nitrogen and oxygen atoms in total. The van der Waals surface area contributed by atoms with E-state index in [0.717, 1.165) is 53.6 Å². The number of carboxylic acids is 1. The molecule has 7 heteroatoms. The third kappa shape index (κ3) is 5.19. The monoisotopic (exact) mass is 463 g/mol. The minimum atomic E-state index is -1.01. The number of amides is 1. The minimum absolute atomic E-state index is 0.160. The lowest BCUT2D eigenvalue weighted by Gasteiger charge is -2.35. The quantitative estimate of drug-likeness (QED) is 0.428. The average Bonchev–Trinajstić information content (AvgIpc) is 3.28. The van der Waals surface area contributed by atoms with Crippen LogP contribution >= 0.6 is 0 Å².